The van der Waals surface area contributed by atoms with Gasteiger partial charge in [0.15, 0.2) is 0 Å². The van der Waals surface area contributed by atoms with Crippen molar-refractivity contribution in [3.8, 4) is 0 Å². The van der Waals surface area contributed by atoms with Crippen LogP contribution in [-0.4, -0.2) is 13.3 Å². The molecule has 0 aliphatic heterocycles. The van der Waals surface area contributed by atoms with Crippen LogP contribution in [0.4, 0.5) is 0 Å². The van der Waals surface area contributed by atoms with Crippen LogP contribution in [0.25, 0.3) is 0 Å². The summed E-state index contributed by atoms with van der Waals surface area (Å²) in [6.45, 7) is 13.8. The molecule has 3 N–H and O–H groups in total. The lowest BCUT2D eigenvalue weighted by Crippen LogP contribution is -2.27. The van der Waals surface area contributed by atoms with Gasteiger partial charge in [-0.05, 0) is 31.9 Å². The summed E-state index contributed by atoms with van der Waals surface area (Å²) in [5.41, 5.74) is 12.7. The average molecular weight is 248 g/mol. The second kappa shape index (κ2) is 9.24. The molecule has 0 saturated heterocycles. The van der Waals surface area contributed by atoms with E-state index in [-0.39, 0.29) is 0 Å². The molecular formula is C14H24N4. The van der Waals surface area contributed by atoms with Gasteiger partial charge in [-0.2, -0.15) is 5.10 Å². The first-order valence-corrected chi connectivity index (χ1v) is 5.96. The minimum absolute atomic E-state index is 0.718. The molecule has 0 bridgehead atoms. The third kappa shape index (κ3) is 5.50. The standard InChI is InChI=1S/C14H24N4/c1-7-13(12(5)17-16-9-3)10-11(4)14(8-2)18-15-6/h7-9,15,17-18H,4-5,10H2,1-3,6H3/b13-7-,14-8-,16-9-. The Hall–Kier alpha value is -1.81. The predicted octanol–water partition coefficient (Wildman–Crippen LogP) is 2.62. The lowest BCUT2D eigenvalue weighted by atomic mass is 10.0. The summed E-state index contributed by atoms with van der Waals surface area (Å²) in [5.74, 6) is 0. The first kappa shape index (κ1) is 16.2. The molecule has 4 heteroatoms. The van der Waals surface area contributed by atoms with Crippen molar-refractivity contribution in [3.63, 3.8) is 0 Å². The second-order valence-electron chi connectivity index (χ2n) is 3.65. The summed E-state index contributed by atoms with van der Waals surface area (Å²) in [6, 6.07) is 0. The third-order valence-electron chi connectivity index (χ3n) is 2.40. The molecule has 0 fully saturated rings. The number of hydrogen-bond acceptors (Lipinski definition) is 4. The van der Waals surface area contributed by atoms with Crippen molar-refractivity contribution in [3.05, 3.63) is 47.9 Å². The van der Waals surface area contributed by atoms with Crippen LogP contribution < -0.4 is 16.3 Å². The summed E-state index contributed by atoms with van der Waals surface area (Å²) in [6.07, 6.45) is 6.40. The van der Waals surface area contributed by atoms with Gasteiger partial charge in [0.25, 0.3) is 0 Å². The molecule has 0 rings (SSSR count). The Morgan fingerprint density at radius 3 is 2.28 bits per heavy atom. The summed E-state index contributed by atoms with van der Waals surface area (Å²) >= 11 is 0. The summed E-state index contributed by atoms with van der Waals surface area (Å²) < 4.78 is 0. The van der Waals surface area contributed by atoms with Gasteiger partial charge in [0, 0.05) is 25.4 Å². The van der Waals surface area contributed by atoms with E-state index in [1.165, 1.54) is 0 Å². The van der Waals surface area contributed by atoms with Gasteiger partial charge in [-0.3, -0.25) is 5.43 Å². The van der Waals surface area contributed by atoms with Crippen molar-refractivity contribution < 1.29 is 0 Å². The van der Waals surface area contributed by atoms with E-state index >= 15 is 0 Å². The molecule has 0 saturated carbocycles. The Kier molecular flexibility index (Phi) is 8.31. The minimum atomic E-state index is 0.718. The van der Waals surface area contributed by atoms with Crippen LogP contribution in [-0.2, 0) is 0 Å². The number of hydrazone groups is 1. The van der Waals surface area contributed by atoms with Crippen molar-refractivity contribution in [1.29, 1.82) is 0 Å². The maximum Gasteiger partial charge on any atom is 0.0521 e. The molecule has 0 spiro atoms. The Labute approximate surface area is 110 Å². The van der Waals surface area contributed by atoms with Crippen LogP contribution in [0, 0.1) is 0 Å². The normalized spacial score (nSPS) is 12.7. The highest BCUT2D eigenvalue weighted by Gasteiger charge is 2.07. The lowest BCUT2D eigenvalue weighted by Gasteiger charge is -2.15. The molecule has 0 aromatic rings. The van der Waals surface area contributed by atoms with Crippen molar-refractivity contribution in [2.45, 2.75) is 27.2 Å². The van der Waals surface area contributed by atoms with Gasteiger partial charge < -0.3 is 5.43 Å². The second-order valence-corrected chi connectivity index (χ2v) is 3.65. The van der Waals surface area contributed by atoms with Crippen molar-refractivity contribution in [2.24, 2.45) is 5.10 Å². The lowest BCUT2D eigenvalue weighted by molar-refractivity contribution is 0.690. The smallest absolute Gasteiger partial charge is 0.0521 e. The molecule has 0 aromatic heterocycles. The highest BCUT2D eigenvalue weighted by atomic mass is 15.3. The van der Waals surface area contributed by atoms with E-state index in [0.717, 1.165) is 29.0 Å². The van der Waals surface area contributed by atoms with Crippen LogP contribution in [0.15, 0.2) is 53.0 Å². The van der Waals surface area contributed by atoms with Crippen LogP contribution in [0.1, 0.15) is 27.2 Å². The van der Waals surface area contributed by atoms with Crippen molar-refractivity contribution in [1.82, 2.24) is 16.3 Å². The maximum atomic E-state index is 4.08. The van der Waals surface area contributed by atoms with E-state index in [1.807, 2.05) is 40.0 Å². The van der Waals surface area contributed by atoms with Gasteiger partial charge in [0.1, 0.15) is 0 Å². The maximum absolute atomic E-state index is 4.08. The zero-order chi connectivity index (χ0) is 14.0. The van der Waals surface area contributed by atoms with Crippen LogP contribution in [0.5, 0.6) is 0 Å². The summed E-state index contributed by atoms with van der Waals surface area (Å²) in [4.78, 5) is 0. The molecule has 18 heavy (non-hydrogen) atoms. The fraction of sp³-hybridized carbons (Fsp3) is 0.357. The molecule has 0 aliphatic carbocycles. The van der Waals surface area contributed by atoms with Gasteiger partial charge in [0.05, 0.1) is 5.70 Å². The highest BCUT2D eigenvalue weighted by molar-refractivity contribution is 5.53. The van der Waals surface area contributed by atoms with E-state index in [2.05, 4.69) is 34.5 Å². The van der Waals surface area contributed by atoms with Gasteiger partial charge >= 0.3 is 0 Å². The Balaban J connectivity index is 4.64. The fourth-order valence-corrected chi connectivity index (χ4v) is 1.42. The molecule has 0 unspecified atom stereocenters. The molecular weight excluding hydrogens is 224 g/mol. The largest absolute Gasteiger partial charge is 0.322 e. The Morgan fingerprint density at radius 1 is 1.17 bits per heavy atom. The molecule has 100 valence electrons. The number of nitrogens with zero attached hydrogens (tertiary/aromatic N) is 1. The molecule has 0 aromatic carbocycles. The van der Waals surface area contributed by atoms with Gasteiger partial charge in [-0.1, -0.05) is 25.3 Å². The van der Waals surface area contributed by atoms with Crippen LogP contribution >= 0.6 is 0 Å². The molecule has 0 amide bonds. The quantitative estimate of drug-likeness (QED) is 0.351. The monoisotopic (exact) mass is 248 g/mol. The zero-order valence-electron chi connectivity index (χ0n) is 11.8. The van der Waals surface area contributed by atoms with Crippen molar-refractivity contribution in [2.75, 3.05) is 7.05 Å². The van der Waals surface area contributed by atoms with E-state index in [0.29, 0.717) is 0 Å². The molecule has 0 heterocycles. The van der Waals surface area contributed by atoms with E-state index in [4.69, 9.17) is 0 Å². The SMILES string of the molecule is C=C(N/N=C\C)/C(=C\C)CC(=C)/C(=C/C)NNC. The summed E-state index contributed by atoms with van der Waals surface area (Å²) in [5, 5.41) is 3.96. The Bertz CT molecular complexity index is 375. The number of hydrogen-bond donors (Lipinski definition) is 3. The van der Waals surface area contributed by atoms with Gasteiger partial charge in [0.2, 0.25) is 0 Å². The molecule has 0 radical (unpaired) electrons. The summed E-state index contributed by atoms with van der Waals surface area (Å²) in [7, 11) is 1.82. The van der Waals surface area contributed by atoms with E-state index in [9.17, 15) is 0 Å². The van der Waals surface area contributed by atoms with Crippen molar-refractivity contribution >= 4 is 6.21 Å². The van der Waals surface area contributed by atoms with Crippen LogP contribution in [0.2, 0.25) is 0 Å². The topological polar surface area (TPSA) is 48.5 Å². The third-order valence-corrected chi connectivity index (χ3v) is 2.40. The van der Waals surface area contributed by atoms with Gasteiger partial charge in [-0.15, -0.1) is 0 Å². The molecule has 0 atom stereocenters. The van der Waals surface area contributed by atoms with E-state index < -0.39 is 0 Å². The average Bonchev–Trinajstić information content (AvgIpc) is 2.38. The predicted molar refractivity (Wildman–Crippen MR) is 79.9 cm³/mol. The van der Waals surface area contributed by atoms with Crippen LogP contribution in [0.3, 0.4) is 0 Å². The Morgan fingerprint density at radius 2 is 1.83 bits per heavy atom. The highest BCUT2D eigenvalue weighted by Crippen LogP contribution is 2.19. The van der Waals surface area contributed by atoms with Gasteiger partial charge in [-0.25, -0.2) is 5.43 Å². The number of rotatable bonds is 8. The number of allylic oxidation sites excluding steroid dienone is 4. The zero-order valence-corrected chi connectivity index (χ0v) is 11.8. The van der Waals surface area contributed by atoms with E-state index in [1.54, 1.807) is 6.21 Å². The molecule has 4 nitrogen and oxygen atoms in total. The number of hydrazine groups is 1. The number of nitrogens with one attached hydrogen (secondary N) is 3. The minimum Gasteiger partial charge on any atom is -0.322 e. The molecule has 0 aliphatic rings. The first-order chi connectivity index (χ1) is 8.60. The first-order valence-electron chi connectivity index (χ1n) is 5.96. The fourth-order valence-electron chi connectivity index (χ4n) is 1.42.